The third-order valence-electron chi connectivity index (χ3n) is 3.41. The van der Waals surface area contributed by atoms with Crippen LogP contribution in [0.4, 0.5) is 8.78 Å². The molecule has 1 fully saturated rings. The number of aromatic nitrogens is 2. The highest BCUT2D eigenvalue weighted by Gasteiger charge is 2.42. The van der Waals surface area contributed by atoms with Crippen LogP contribution in [0.1, 0.15) is 38.2 Å². The molecule has 16 heavy (non-hydrogen) atoms. The van der Waals surface area contributed by atoms with Crippen molar-refractivity contribution in [2.75, 3.05) is 0 Å². The molecule has 0 amide bonds. The summed E-state index contributed by atoms with van der Waals surface area (Å²) in [7, 11) is 0. The fourth-order valence-electron chi connectivity index (χ4n) is 2.14. The molecule has 0 bridgehead atoms. The topological polar surface area (TPSA) is 43.8 Å². The summed E-state index contributed by atoms with van der Waals surface area (Å²) in [5, 5.41) is 4.14. The van der Waals surface area contributed by atoms with Crippen molar-refractivity contribution < 1.29 is 8.78 Å². The molecule has 2 rings (SSSR count). The lowest BCUT2D eigenvalue weighted by Gasteiger charge is -2.36. The highest BCUT2D eigenvalue weighted by atomic mass is 19.3. The van der Waals surface area contributed by atoms with E-state index >= 15 is 0 Å². The maximum absolute atomic E-state index is 13.1. The van der Waals surface area contributed by atoms with Crippen LogP contribution >= 0.6 is 0 Å². The number of hydrogen-bond donors (Lipinski definition) is 1. The van der Waals surface area contributed by atoms with Crippen LogP contribution in [0.2, 0.25) is 0 Å². The van der Waals surface area contributed by atoms with Crippen molar-refractivity contribution in [1.82, 2.24) is 9.78 Å². The average molecular weight is 229 g/mol. The van der Waals surface area contributed by atoms with Crippen LogP contribution in [0.5, 0.6) is 0 Å². The first kappa shape index (κ1) is 11.5. The fraction of sp³-hybridized carbons (Fsp3) is 0.727. The first-order valence-corrected chi connectivity index (χ1v) is 5.65. The van der Waals surface area contributed by atoms with Gasteiger partial charge >= 0.3 is 0 Å². The number of aryl methyl sites for hydroxylation is 1. The monoisotopic (exact) mass is 229 g/mol. The molecule has 0 aliphatic heterocycles. The maximum Gasteiger partial charge on any atom is 0.248 e. The van der Waals surface area contributed by atoms with E-state index in [-0.39, 0.29) is 12.8 Å². The van der Waals surface area contributed by atoms with Gasteiger partial charge in [-0.15, -0.1) is 0 Å². The Balaban J connectivity index is 2.14. The van der Waals surface area contributed by atoms with Crippen molar-refractivity contribution in [2.24, 2.45) is 5.73 Å². The Bertz CT molecular complexity index is 363. The molecule has 0 aromatic carbocycles. The predicted octanol–water partition coefficient (Wildman–Crippen LogP) is 2.27. The zero-order valence-electron chi connectivity index (χ0n) is 9.42. The minimum Gasteiger partial charge on any atom is -0.321 e. The van der Waals surface area contributed by atoms with Crippen LogP contribution in [-0.2, 0) is 12.1 Å². The van der Waals surface area contributed by atoms with Gasteiger partial charge in [0.2, 0.25) is 5.92 Å². The molecule has 0 spiro atoms. The first-order chi connectivity index (χ1) is 7.45. The van der Waals surface area contributed by atoms with Crippen molar-refractivity contribution in [3.05, 3.63) is 18.0 Å². The third kappa shape index (κ3) is 2.09. The normalized spacial score (nSPS) is 23.2. The van der Waals surface area contributed by atoms with E-state index < -0.39 is 11.5 Å². The molecule has 2 N–H and O–H groups in total. The molecule has 1 aromatic heterocycles. The number of alkyl halides is 2. The standard InChI is InChI=1S/C11H17F2N3/c1-2-16-8-9(7-15-16)10(14)3-5-11(12,13)6-4-10/h7-8H,2-6,14H2,1H3. The molecule has 5 heteroatoms. The van der Waals surface area contributed by atoms with Gasteiger partial charge in [0.05, 0.1) is 6.20 Å². The molecule has 0 saturated heterocycles. The second-order valence-corrected chi connectivity index (χ2v) is 4.60. The SMILES string of the molecule is CCn1cc(C2(N)CCC(F)(F)CC2)cn1. The summed E-state index contributed by atoms with van der Waals surface area (Å²) in [6.45, 7) is 2.75. The van der Waals surface area contributed by atoms with Gasteiger partial charge in [0, 0.05) is 36.7 Å². The minimum absolute atomic E-state index is 0.124. The summed E-state index contributed by atoms with van der Waals surface area (Å²) >= 11 is 0. The largest absolute Gasteiger partial charge is 0.321 e. The molecular formula is C11H17F2N3. The van der Waals surface area contributed by atoms with Crippen LogP contribution in [-0.4, -0.2) is 15.7 Å². The van der Waals surface area contributed by atoms with Crippen LogP contribution in [0.3, 0.4) is 0 Å². The Labute approximate surface area is 93.6 Å². The molecule has 1 saturated carbocycles. The van der Waals surface area contributed by atoms with Gasteiger partial charge in [0.15, 0.2) is 0 Å². The van der Waals surface area contributed by atoms with E-state index in [0.29, 0.717) is 12.8 Å². The van der Waals surface area contributed by atoms with E-state index in [0.717, 1.165) is 12.1 Å². The fourth-order valence-corrected chi connectivity index (χ4v) is 2.14. The van der Waals surface area contributed by atoms with Gasteiger partial charge in [-0.25, -0.2) is 8.78 Å². The summed E-state index contributed by atoms with van der Waals surface area (Å²) in [6.07, 6.45) is 3.98. The summed E-state index contributed by atoms with van der Waals surface area (Å²) in [5.41, 5.74) is 6.45. The van der Waals surface area contributed by atoms with Crippen molar-refractivity contribution in [3.63, 3.8) is 0 Å². The lowest BCUT2D eigenvalue weighted by molar-refractivity contribution is -0.0514. The molecule has 0 radical (unpaired) electrons. The van der Waals surface area contributed by atoms with E-state index in [9.17, 15) is 8.78 Å². The van der Waals surface area contributed by atoms with Gasteiger partial charge in [0.25, 0.3) is 0 Å². The lowest BCUT2D eigenvalue weighted by Crippen LogP contribution is -2.43. The zero-order valence-corrected chi connectivity index (χ0v) is 9.42. The number of nitrogens with zero attached hydrogens (tertiary/aromatic N) is 2. The smallest absolute Gasteiger partial charge is 0.248 e. The van der Waals surface area contributed by atoms with Crippen molar-refractivity contribution in [1.29, 1.82) is 0 Å². The number of halogens is 2. The Morgan fingerprint density at radius 1 is 1.38 bits per heavy atom. The van der Waals surface area contributed by atoms with E-state index in [1.165, 1.54) is 0 Å². The van der Waals surface area contributed by atoms with Crippen molar-refractivity contribution in [3.8, 4) is 0 Å². The van der Waals surface area contributed by atoms with Crippen LogP contribution in [0, 0.1) is 0 Å². The Morgan fingerprint density at radius 3 is 2.50 bits per heavy atom. The van der Waals surface area contributed by atoms with Crippen LogP contribution in [0.15, 0.2) is 12.4 Å². The van der Waals surface area contributed by atoms with Crippen LogP contribution < -0.4 is 5.73 Å². The quantitative estimate of drug-likeness (QED) is 0.845. The third-order valence-corrected chi connectivity index (χ3v) is 3.41. The average Bonchev–Trinajstić information content (AvgIpc) is 2.72. The molecule has 1 aromatic rings. The maximum atomic E-state index is 13.1. The van der Waals surface area contributed by atoms with Gasteiger partial charge in [-0.2, -0.15) is 5.10 Å². The number of rotatable bonds is 2. The predicted molar refractivity (Wildman–Crippen MR) is 57.2 cm³/mol. The van der Waals surface area contributed by atoms with Gasteiger partial charge in [-0.3, -0.25) is 4.68 Å². The van der Waals surface area contributed by atoms with Gasteiger partial charge < -0.3 is 5.73 Å². The van der Waals surface area contributed by atoms with E-state index in [1.54, 1.807) is 10.9 Å². The molecular weight excluding hydrogens is 212 g/mol. The molecule has 0 unspecified atom stereocenters. The van der Waals surface area contributed by atoms with Crippen molar-refractivity contribution in [2.45, 2.75) is 50.6 Å². The number of hydrogen-bond acceptors (Lipinski definition) is 2. The minimum atomic E-state index is -2.54. The van der Waals surface area contributed by atoms with Gasteiger partial charge in [-0.1, -0.05) is 0 Å². The zero-order chi connectivity index (χ0) is 11.8. The van der Waals surface area contributed by atoms with E-state index in [1.807, 2.05) is 13.1 Å². The summed E-state index contributed by atoms with van der Waals surface area (Å²) in [5.74, 6) is -2.54. The second kappa shape index (κ2) is 3.80. The second-order valence-electron chi connectivity index (χ2n) is 4.60. The Hall–Kier alpha value is -0.970. The summed E-state index contributed by atoms with van der Waals surface area (Å²) < 4.78 is 27.9. The highest BCUT2D eigenvalue weighted by Crippen LogP contribution is 2.41. The number of nitrogens with two attached hydrogens (primary N) is 1. The molecule has 1 aliphatic carbocycles. The van der Waals surface area contributed by atoms with Gasteiger partial charge in [0.1, 0.15) is 0 Å². The van der Waals surface area contributed by atoms with Crippen LogP contribution in [0.25, 0.3) is 0 Å². The van der Waals surface area contributed by atoms with Gasteiger partial charge in [-0.05, 0) is 19.8 Å². The molecule has 1 aliphatic rings. The first-order valence-electron chi connectivity index (χ1n) is 5.65. The lowest BCUT2D eigenvalue weighted by atomic mass is 9.77. The highest BCUT2D eigenvalue weighted by molar-refractivity contribution is 5.19. The molecule has 0 atom stereocenters. The molecule has 1 heterocycles. The molecule has 90 valence electrons. The van der Waals surface area contributed by atoms with E-state index in [4.69, 9.17) is 5.73 Å². The van der Waals surface area contributed by atoms with E-state index in [2.05, 4.69) is 5.10 Å². The summed E-state index contributed by atoms with van der Waals surface area (Å²) in [4.78, 5) is 0. The Kier molecular flexibility index (Phi) is 2.74. The Morgan fingerprint density at radius 2 is 2.00 bits per heavy atom. The summed E-state index contributed by atoms with van der Waals surface area (Å²) in [6, 6.07) is 0. The van der Waals surface area contributed by atoms with Crippen molar-refractivity contribution >= 4 is 0 Å². The molecule has 3 nitrogen and oxygen atoms in total.